The fourth-order valence-corrected chi connectivity index (χ4v) is 2.26. The Bertz CT molecular complexity index is 680. The van der Waals surface area contributed by atoms with Crippen LogP contribution in [0.1, 0.15) is 24.2 Å². The van der Waals surface area contributed by atoms with E-state index in [1.165, 1.54) is 6.07 Å². The minimum Gasteiger partial charge on any atom is -0.461 e. The number of hydrogen-bond acceptors (Lipinski definition) is 4. The van der Waals surface area contributed by atoms with E-state index in [1.807, 2.05) is 12.1 Å². The second-order valence-electron chi connectivity index (χ2n) is 4.76. The lowest BCUT2D eigenvalue weighted by Gasteiger charge is -2.17. The van der Waals surface area contributed by atoms with Crippen molar-refractivity contribution in [3.8, 4) is 0 Å². The Balaban J connectivity index is 0.00000242. The van der Waals surface area contributed by atoms with Gasteiger partial charge in [0.1, 0.15) is 6.61 Å². The highest BCUT2D eigenvalue weighted by molar-refractivity contribution is 6.03. The predicted octanol–water partition coefficient (Wildman–Crippen LogP) is 2.45. The number of aromatic nitrogens is 1. The molecule has 0 aliphatic rings. The normalized spacial score (nSPS) is 10.5. The first kappa shape index (κ1) is 18.2. The van der Waals surface area contributed by atoms with Gasteiger partial charge in [0.05, 0.1) is 5.56 Å². The van der Waals surface area contributed by atoms with Gasteiger partial charge in [-0.2, -0.15) is 0 Å². The average molecular weight is 325 g/mol. The van der Waals surface area contributed by atoms with Gasteiger partial charge in [-0.3, -0.25) is 4.79 Å². The standard InChI is InChI=1S/C16H20N2O3.ClH/c1-3-18(4-2)9-10-21-16(20)13-11-15(19)17-14-8-6-5-7-12(13)14;/h5-8,11H,3-4,9-10H2,1-2H3,(H,17,19);1H. The van der Waals surface area contributed by atoms with Crippen molar-refractivity contribution in [3.63, 3.8) is 0 Å². The zero-order chi connectivity index (χ0) is 15.2. The number of halogens is 1. The van der Waals surface area contributed by atoms with E-state index in [2.05, 4.69) is 23.7 Å². The van der Waals surface area contributed by atoms with E-state index < -0.39 is 5.97 Å². The van der Waals surface area contributed by atoms with Crippen molar-refractivity contribution >= 4 is 29.3 Å². The van der Waals surface area contributed by atoms with Crippen LogP contribution in [0.2, 0.25) is 0 Å². The molecule has 1 aromatic heterocycles. The Morgan fingerprint density at radius 1 is 1.23 bits per heavy atom. The molecule has 1 aromatic carbocycles. The molecule has 5 nitrogen and oxygen atoms in total. The maximum absolute atomic E-state index is 12.2. The molecule has 0 aliphatic carbocycles. The molecule has 1 N–H and O–H groups in total. The third-order valence-corrected chi connectivity index (χ3v) is 3.51. The summed E-state index contributed by atoms with van der Waals surface area (Å²) in [5.41, 5.74) is 0.652. The maximum Gasteiger partial charge on any atom is 0.339 e. The van der Waals surface area contributed by atoms with Gasteiger partial charge in [0.25, 0.3) is 0 Å². The summed E-state index contributed by atoms with van der Waals surface area (Å²) >= 11 is 0. The number of nitrogens with one attached hydrogen (secondary N) is 1. The summed E-state index contributed by atoms with van der Waals surface area (Å²) in [5, 5.41) is 0.699. The molecule has 2 aromatic rings. The molecule has 0 aliphatic heterocycles. The molecule has 0 saturated carbocycles. The summed E-state index contributed by atoms with van der Waals surface area (Å²) in [5.74, 6) is -0.454. The van der Waals surface area contributed by atoms with E-state index in [4.69, 9.17) is 4.74 Å². The van der Waals surface area contributed by atoms with Crippen LogP contribution in [-0.4, -0.2) is 42.1 Å². The van der Waals surface area contributed by atoms with Gasteiger partial charge >= 0.3 is 5.97 Å². The fraction of sp³-hybridized carbons (Fsp3) is 0.375. The minimum absolute atomic E-state index is 0. The quantitative estimate of drug-likeness (QED) is 0.829. The number of carbonyl (C=O) groups excluding carboxylic acids is 1. The Kier molecular flexibility index (Phi) is 7.08. The van der Waals surface area contributed by atoms with Gasteiger partial charge in [-0.15, -0.1) is 12.4 Å². The lowest BCUT2D eigenvalue weighted by atomic mass is 10.1. The van der Waals surface area contributed by atoms with E-state index in [1.54, 1.807) is 12.1 Å². The molecule has 1 heterocycles. The highest BCUT2D eigenvalue weighted by Crippen LogP contribution is 2.15. The van der Waals surface area contributed by atoms with E-state index in [0.29, 0.717) is 29.6 Å². The van der Waals surface area contributed by atoms with Crippen LogP contribution in [0.4, 0.5) is 0 Å². The molecule has 120 valence electrons. The monoisotopic (exact) mass is 324 g/mol. The van der Waals surface area contributed by atoms with Gasteiger partial charge in [-0.05, 0) is 19.2 Å². The second kappa shape index (κ2) is 8.56. The average Bonchev–Trinajstić information content (AvgIpc) is 2.50. The zero-order valence-corrected chi connectivity index (χ0v) is 13.6. The molecule has 22 heavy (non-hydrogen) atoms. The number of H-pyrrole nitrogens is 1. The van der Waals surface area contributed by atoms with Crippen molar-refractivity contribution in [2.24, 2.45) is 0 Å². The van der Waals surface area contributed by atoms with Gasteiger partial charge < -0.3 is 14.6 Å². The van der Waals surface area contributed by atoms with Crippen LogP contribution >= 0.6 is 12.4 Å². The topological polar surface area (TPSA) is 62.4 Å². The third-order valence-electron chi connectivity index (χ3n) is 3.51. The van der Waals surface area contributed by atoms with Crippen molar-refractivity contribution in [2.45, 2.75) is 13.8 Å². The van der Waals surface area contributed by atoms with Crippen molar-refractivity contribution < 1.29 is 9.53 Å². The van der Waals surface area contributed by atoms with E-state index in [0.717, 1.165) is 13.1 Å². The molecule has 0 fully saturated rings. The molecule has 0 atom stereocenters. The summed E-state index contributed by atoms with van der Waals surface area (Å²) in [6, 6.07) is 8.50. The molecule has 0 saturated heterocycles. The lowest BCUT2D eigenvalue weighted by molar-refractivity contribution is 0.0468. The summed E-state index contributed by atoms with van der Waals surface area (Å²) in [4.78, 5) is 28.7. The van der Waals surface area contributed by atoms with Crippen LogP contribution in [0.3, 0.4) is 0 Å². The number of pyridine rings is 1. The predicted molar refractivity (Wildman–Crippen MR) is 89.9 cm³/mol. The van der Waals surface area contributed by atoms with Crippen molar-refractivity contribution in [1.29, 1.82) is 0 Å². The van der Waals surface area contributed by atoms with Gasteiger partial charge in [-0.25, -0.2) is 4.79 Å². The smallest absolute Gasteiger partial charge is 0.339 e. The largest absolute Gasteiger partial charge is 0.461 e. The molecule has 6 heteroatoms. The number of para-hydroxylation sites is 1. The van der Waals surface area contributed by atoms with Crippen LogP contribution in [0.5, 0.6) is 0 Å². The van der Waals surface area contributed by atoms with Gasteiger partial charge in [-0.1, -0.05) is 32.0 Å². The number of rotatable bonds is 6. The second-order valence-corrected chi connectivity index (χ2v) is 4.76. The molecule has 0 amide bonds. The molecule has 2 rings (SSSR count). The Hall–Kier alpha value is -1.85. The summed E-state index contributed by atoms with van der Waals surface area (Å²) in [7, 11) is 0. The Morgan fingerprint density at radius 2 is 1.91 bits per heavy atom. The lowest BCUT2D eigenvalue weighted by Crippen LogP contribution is -2.28. The van der Waals surface area contributed by atoms with Crippen LogP contribution in [0.15, 0.2) is 35.1 Å². The van der Waals surface area contributed by atoms with Gasteiger partial charge in [0.2, 0.25) is 5.56 Å². The summed E-state index contributed by atoms with van der Waals surface area (Å²) in [6.45, 7) is 6.98. The Labute approximate surface area is 135 Å². The number of carbonyl (C=O) groups is 1. The third kappa shape index (κ3) is 4.32. The first-order valence-corrected chi connectivity index (χ1v) is 7.17. The molecule has 0 bridgehead atoms. The number of nitrogens with zero attached hydrogens (tertiary/aromatic N) is 1. The van der Waals surface area contributed by atoms with E-state index >= 15 is 0 Å². The first-order valence-electron chi connectivity index (χ1n) is 7.17. The SMILES string of the molecule is CCN(CC)CCOC(=O)c1cc(=O)[nH]c2ccccc12.Cl. The van der Waals surface area contributed by atoms with Gasteiger partial charge in [0.15, 0.2) is 0 Å². The van der Waals surface area contributed by atoms with Crippen LogP contribution in [-0.2, 0) is 4.74 Å². The maximum atomic E-state index is 12.2. The number of hydrogen-bond donors (Lipinski definition) is 1. The van der Waals surface area contributed by atoms with Crippen molar-refractivity contribution in [1.82, 2.24) is 9.88 Å². The number of benzene rings is 1. The van der Waals surface area contributed by atoms with Crippen LogP contribution in [0, 0.1) is 0 Å². The Morgan fingerprint density at radius 3 is 2.59 bits per heavy atom. The fourth-order valence-electron chi connectivity index (χ4n) is 2.26. The number of ether oxygens (including phenoxy) is 1. The van der Waals surface area contributed by atoms with Crippen molar-refractivity contribution in [3.05, 3.63) is 46.2 Å². The molecular weight excluding hydrogens is 304 g/mol. The zero-order valence-electron chi connectivity index (χ0n) is 12.8. The van der Waals surface area contributed by atoms with E-state index in [-0.39, 0.29) is 18.0 Å². The number of aromatic amines is 1. The van der Waals surface area contributed by atoms with Gasteiger partial charge in [0, 0.05) is 23.5 Å². The highest BCUT2D eigenvalue weighted by atomic mass is 35.5. The first-order chi connectivity index (χ1) is 10.2. The summed E-state index contributed by atoms with van der Waals surface area (Å²) in [6.07, 6.45) is 0. The molecule has 0 radical (unpaired) electrons. The highest BCUT2D eigenvalue weighted by Gasteiger charge is 2.13. The van der Waals surface area contributed by atoms with Crippen molar-refractivity contribution in [2.75, 3.05) is 26.2 Å². The van der Waals surface area contributed by atoms with Crippen LogP contribution in [0.25, 0.3) is 10.9 Å². The molecule has 0 unspecified atom stereocenters. The number of likely N-dealkylation sites (N-methyl/N-ethyl adjacent to an activating group) is 1. The summed E-state index contributed by atoms with van der Waals surface area (Å²) < 4.78 is 5.29. The minimum atomic E-state index is -0.454. The number of fused-ring (bicyclic) bond motifs is 1. The number of esters is 1. The van der Waals surface area contributed by atoms with Crippen LogP contribution < -0.4 is 5.56 Å². The van der Waals surface area contributed by atoms with E-state index in [9.17, 15) is 9.59 Å². The molecular formula is C16H21ClN2O3. The molecule has 0 spiro atoms.